The third-order valence-corrected chi connectivity index (χ3v) is 4.20. The van der Waals surface area contributed by atoms with Gasteiger partial charge in [-0.3, -0.25) is 4.79 Å². The Balaban J connectivity index is 1.95. The summed E-state index contributed by atoms with van der Waals surface area (Å²) >= 11 is 0. The number of hydrogen-bond donors (Lipinski definition) is 0. The number of rotatable bonds is 2. The molecule has 0 bridgehead atoms. The van der Waals surface area contributed by atoms with Crippen LogP contribution in [0, 0.1) is 6.92 Å². The van der Waals surface area contributed by atoms with E-state index >= 15 is 0 Å². The van der Waals surface area contributed by atoms with Crippen LogP contribution >= 0.6 is 0 Å². The van der Waals surface area contributed by atoms with E-state index in [-0.39, 0.29) is 5.78 Å². The molecule has 5 heteroatoms. The van der Waals surface area contributed by atoms with E-state index in [0.717, 1.165) is 22.3 Å². The highest BCUT2D eigenvalue weighted by Crippen LogP contribution is 2.41. The van der Waals surface area contributed by atoms with Crippen molar-refractivity contribution in [3.8, 4) is 0 Å². The van der Waals surface area contributed by atoms with Crippen molar-refractivity contribution < 1.29 is 9.53 Å². The highest BCUT2D eigenvalue weighted by atomic mass is 16.5. The highest BCUT2D eigenvalue weighted by molar-refractivity contribution is 6.32. The number of ether oxygens (including phenoxy) is 1. The van der Waals surface area contributed by atoms with Crippen molar-refractivity contribution >= 4 is 22.8 Å². The lowest BCUT2D eigenvalue weighted by Crippen LogP contribution is -2.29. The molecule has 0 saturated heterocycles. The van der Waals surface area contributed by atoms with Crippen LogP contribution in [-0.4, -0.2) is 26.0 Å². The largest absolute Gasteiger partial charge is 0.478 e. The van der Waals surface area contributed by atoms with Gasteiger partial charge in [0, 0.05) is 11.8 Å². The smallest absolute Gasteiger partial charge is 0.210 e. The minimum Gasteiger partial charge on any atom is -0.478 e. The topological polar surface area (TPSA) is 56.5 Å². The van der Waals surface area contributed by atoms with Crippen molar-refractivity contribution in [1.29, 1.82) is 0 Å². The quantitative estimate of drug-likeness (QED) is 0.727. The summed E-state index contributed by atoms with van der Waals surface area (Å²) < 4.78 is 7.72. The van der Waals surface area contributed by atoms with Crippen LogP contribution < -0.4 is 0 Å². The molecule has 2 aromatic heterocycles. The molecular formula is C19H17N3O2. The lowest BCUT2D eigenvalue weighted by molar-refractivity contribution is -0.125. The fourth-order valence-corrected chi connectivity index (χ4v) is 2.97. The molecule has 5 nitrogen and oxygen atoms in total. The molecule has 24 heavy (non-hydrogen) atoms. The number of pyridine rings is 1. The SMILES string of the molecule is Cc1cccc(C2=C(c3ccc4ncnn4c3)OC(C)(C)C2=O)c1. The number of carbonyl (C=O) groups excluding carboxylic acids is 1. The molecule has 0 aliphatic carbocycles. The molecule has 1 aliphatic heterocycles. The maximum absolute atomic E-state index is 12.9. The van der Waals surface area contributed by atoms with E-state index in [0.29, 0.717) is 11.3 Å². The predicted molar refractivity (Wildman–Crippen MR) is 91.2 cm³/mol. The number of aromatic nitrogens is 3. The van der Waals surface area contributed by atoms with Gasteiger partial charge < -0.3 is 4.74 Å². The summed E-state index contributed by atoms with van der Waals surface area (Å²) in [6.45, 7) is 5.61. The van der Waals surface area contributed by atoms with Gasteiger partial charge in [-0.15, -0.1) is 0 Å². The molecule has 120 valence electrons. The van der Waals surface area contributed by atoms with E-state index in [9.17, 15) is 4.79 Å². The van der Waals surface area contributed by atoms with Gasteiger partial charge in [-0.05, 0) is 38.5 Å². The maximum atomic E-state index is 12.9. The van der Waals surface area contributed by atoms with Gasteiger partial charge in [0.2, 0.25) is 5.78 Å². The van der Waals surface area contributed by atoms with Gasteiger partial charge in [0.05, 0.1) is 5.57 Å². The third kappa shape index (κ3) is 2.21. The average Bonchev–Trinajstić information content (AvgIpc) is 3.09. The standard InChI is InChI=1S/C19H17N3O2/c1-12-5-4-6-13(9-12)16-17(24-19(2,3)18(16)23)14-7-8-15-20-11-21-22(15)10-14/h4-11H,1-3H3. The average molecular weight is 319 g/mol. The Morgan fingerprint density at radius 1 is 1.12 bits per heavy atom. The summed E-state index contributed by atoms with van der Waals surface area (Å²) in [5.74, 6) is 0.579. The second-order valence-electron chi connectivity index (χ2n) is 6.50. The molecule has 1 aromatic carbocycles. The van der Waals surface area contributed by atoms with Crippen LogP contribution in [0.4, 0.5) is 0 Å². The molecule has 1 aliphatic rings. The van der Waals surface area contributed by atoms with Crippen molar-refractivity contribution in [1.82, 2.24) is 14.6 Å². The molecule has 3 aromatic rings. The van der Waals surface area contributed by atoms with Crippen LogP contribution in [0.1, 0.15) is 30.5 Å². The number of ketones is 1. The Hall–Kier alpha value is -2.95. The first-order valence-electron chi connectivity index (χ1n) is 7.80. The van der Waals surface area contributed by atoms with E-state index in [4.69, 9.17) is 4.74 Å². The Morgan fingerprint density at radius 2 is 1.96 bits per heavy atom. The lowest BCUT2D eigenvalue weighted by Gasteiger charge is -2.17. The predicted octanol–water partition coefficient (Wildman–Crippen LogP) is 3.28. The molecule has 0 unspecified atom stereocenters. The minimum atomic E-state index is -0.883. The third-order valence-electron chi connectivity index (χ3n) is 4.20. The van der Waals surface area contributed by atoms with E-state index < -0.39 is 5.60 Å². The fraction of sp³-hybridized carbons (Fsp3) is 0.211. The second kappa shape index (κ2) is 5.03. The van der Waals surface area contributed by atoms with Crippen LogP contribution in [0.15, 0.2) is 48.9 Å². The summed E-state index contributed by atoms with van der Waals surface area (Å²) in [6.07, 6.45) is 3.34. The number of benzene rings is 1. The Morgan fingerprint density at radius 3 is 2.75 bits per heavy atom. The van der Waals surface area contributed by atoms with Gasteiger partial charge in [0.1, 0.15) is 12.1 Å². The Labute approximate surface area is 139 Å². The number of aryl methyl sites for hydroxylation is 1. The van der Waals surface area contributed by atoms with Gasteiger partial charge in [0.15, 0.2) is 11.2 Å². The first kappa shape index (κ1) is 14.6. The number of fused-ring (bicyclic) bond motifs is 1. The molecule has 0 amide bonds. The highest BCUT2D eigenvalue weighted by Gasteiger charge is 2.42. The zero-order chi connectivity index (χ0) is 16.9. The zero-order valence-electron chi connectivity index (χ0n) is 13.8. The lowest BCUT2D eigenvalue weighted by atomic mass is 9.92. The summed E-state index contributed by atoms with van der Waals surface area (Å²) in [4.78, 5) is 17.1. The van der Waals surface area contributed by atoms with Crippen LogP contribution in [-0.2, 0) is 9.53 Å². The molecular weight excluding hydrogens is 302 g/mol. The molecule has 0 atom stereocenters. The first-order valence-corrected chi connectivity index (χ1v) is 7.80. The minimum absolute atomic E-state index is 0.0122. The fourth-order valence-electron chi connectivity index (χ4n) is 2.97. The normalized spacial score (nSPS) is 16.7. The molecule has 0 saturated carbocycles. The van der Waals surface area contributed by atoms with Gasteiger partial charge in [0.25, 0.3) is 0 Å². The van der Waals surface area contributed by atoms with E-state index in [1.807, 2.05) is 49.5 Å². The van der Waals surface area contributed by atoms with E-state index in [1.165, 1.54) is 6.33 Å². The molecule has 4 rings (SSSR count). The van der Waals surface area contributed by atoms with E-state index in [1.54, 1.807) is 18.4 Å². The Kier molecular flexibility index (Phi) is 3.06. The van der Waals surface area contributed by atoms with Crippen molar-refractivity contribution in [2.45, 2.75) is 26.4 Å². The first-order chi connectivity index (χ1) is 11.5. The van der Waals surface area contributed by atoms with E-state index in [2.05, 4.69) is 10.1 Å². The monoisotopic (exact) mass is 319 g/mol. The molecule has 0 spiro atoms. The molecule has 3 heterocycles. The number of nitrogens with zero attached hydrogens (tertiary/aromatic N) is 3. The summed E-state index contributed by atoms with van der Waals surface area (Å²) in [5.41, 5.74) is 3.26. The van der Waals surface area contributed by atoms with Crippen LogP contribution in [0.3, 0.4) is 0 Å². The van der Waals surface area contributed by atoms with Crippen LogP contribution in [0.25, 0.3) is 17.0 Å². The maximum Gasteiger partial charge on any atom is 0.210 e. The van der Waals surface area contributed by atoms with Crippen molar-refractivity contribution in [3.63, 3.8) is 0 Å². The summed E-state index contributed by atoms with van der Waals surface area (Å²) in [7, 11) is 0. The van der Waals surface area contributed by atoms with Gasteiger partial charge in [-0.2, -0.15) is 5.10 Å². The van der Waals surface area contributed by atoms with Crippen LogP contribution in [0.5, 0.6) is 0 Å². The van der Waals surface area contributed by atoms with Gasteiger partial charge >= 0.3 is 0 Å². The van der Waals surface area contributed by atoms with Crippen molar-refractivity contribution in [2.75, 3.05) is 0 Å². The number of Topliss-reactive ketones (excluding diaryl/α,β-unsaturated/α-hetero) is 1. The van der Waals surface area contributed by atoms with Gasteiger partial charge in [-0.1, -0.05) is 29.8 Å². The molecule has 0 fully saturated rings. The summed E-state index contributed by atoms with van der Waals surface area (Å²) in [6, 6.07) is 11.7. The Bertz CT molecular complexity index is 999. The number of carbonyl (C=O) groups is 1. The van der Waals surface area contributed by atoms with Crippen LogP contribution in [0.2, 0.25) is 0 Å². The second-order valence-corrected chi connectivity index (χ2v) is 6.50. The molecule has 0 radical (unpaired) electrons. The zero-order valence-corrected chi connectivity index (χ0v) is 13.8. The van der Waals surface area contributed by atoms with Gasteiger partial charge in [-0.25, -0.2) is 9.50 Å². The summed E-state index contributed by atoms with van der Waals surface area (Å²) in [5, 5.41) is 4.16. The van der Waals surface area contributed by atoms with Crippen molar-refractivity contribution in [2.24, 2.45) is 0 Å². The molecule has 0 N–H and O–H groups in total. The van der Waals surface area contributed by atoms with Crippen molar-refractivity contribution in [3.05, 3.63) is 65.6 Å². The number of hydrogen-bond acceptors (Lipinski definition) is 4.